The van der Waals surface area contributed by atoms with Crippen LogP contribution in [0.5, 0.6) is 0 Å². The largest absolute Gasteiger partial charge is 0.456 e. The Morgan fingerprint density at radius 2 is 2.00 bits per heavy atom. The molecule has 0 N–H and O–H groups in total. The van der Waals surface area contributed by atoms with Crippen LogP contribution in [0.4, 0.5) is 0 Å². The topological polar surface area (TPSA) is 52.1 Å². The molecule has 0 amide bonds. The summed E-state index contributed by atoms with van der Waals surface area (Å²) in [7, 11) is 0. The van der Waals surface area contributed by atoms with Crippen LogP contribution in [0.1, 0.15) is 41.6 Å². The minimum atomic E-state index is -0.549. The number of ether oxygens (including phenoxy) is 1. The van der Waals surface area contributed by atoms with E-state index in [4.69, 9.17) is 16.3 Å². The maximum Gasteiger partial charge on any atom is 0.358 e. The first-order valence-electron chi connectivity index (χ1n) is 6.41. The second-order valence-electron chi connectivity index (χ2n) is 4.78. The minimum Gasteiger partial charge on any atom is -0.456 e. The lowest BCUT2D eigenvalue weighted by Gasteiger charge is -2.08. The van der Waals surface area contributed by atoms with Crippen molar-refractivity contribution in [2.24, 2.45) is 0 Å². The van der Waals surface area contributed by atoms with Crippen LogP contribution in [0.3, 0.4) is 0 Å². The van der Waals surface area contributed by atoms with E-state index < -0.39 is 5.97 Å². The van der Waals surface area contributed by atoms with Gasteiger partial charge < -0.3 is 4.74 Å². The highest BCUT2D eigenvalue weighted by molar-refractivity contribution is 9.10. The van der Waals surface area contributed by atoms with E-state index in [1.54, 1.807) is 0 Å². The molecule has 2 aromatic rings. The van der Waals surface area contributed by atoms with Crippen molar-refractivity contribution in [1.82, 2.24) is 9.97 Å². The molecule has 0 spiro atoms. The smallest absolute Gasteiger partial charge is 0.358 e. The molecule has 0 aliphatic heterocycles. The number of benzene rings is 1. The molecule has 0 fully saturated rings. The summed E-state index contributed by atoms with van der Waals surface area (Å²) in [6.07, 6.45) is 1.43. The minimum absolute atomic E-state index is 0.104. The molecule has 0 saturated carbocycles. The van der Waals surface area contributed by atoms with Gasteiger partial charge in [-0.1, -0.05) is 53.5 Å². The second kappa shape index (κ2) is 7.00. The molecule has 0 aliphatic carbocycles. The number of carbonyl (C=O) groups excluding carboxylic acids is 1. The van der Waals surface area contributed by atoms with Gasteiger partial charge in [-0.3, -0.25) is 0 Å². The highest BCUT2D eigenvalue weighted by Gasteiger charge is 2.17. The normalized spacial score (nSPS) is 10.7. The Balaban J connectivity index is 2.09. The molecule has 2 rings (SSSR count). The first-order valence-corrected chi connectivity index (χ1v) is 7.58. The number of rotatable bonds is 4. The van der Waals surface area contributed by atoms with Gasteiger partial charge in [0.1, 0.15) is 12.4 Å². The van der Waals surface area contributed by atoms with E-state index in [1.807, 2.05) is 38.1 Å². The van der Waals surface area contributed by atoms with Gasteiger partial charge in [0, 0.05) is 10.4 Å². The Labute approximate surface area is 136 Å². The van der Waals surface area contributed by atoms with Crippen molar-refractivity contribution in [2.45, 2.75) is 26.4 Å². The Kier molecular flexibility index (Phi) is 5.31. The summed E-state index contributed by atoms with van der Waals surface area (Å²) in [5, 5.41) is 0.195. The molecule has 21 heavy (non-hydrogen) atoms. The van der Waals surface area contributed by atoms with Crippen LogP contribution in [-0.4, -0.2) is 15.9 Å². The third-order valence-corrected chi connectivity index (χ3v) is 3.56. The molecular formula is C15H14BrClN2O2. The number of esters is 1. The van der Waals surface area contributed by atoms with E-state index in [0.29, 0.717) is 5.82 Å². The van der Waals surface area contributed by atoms with Gasteiger partial charge in [0.25, 0.3) is 0 Å². The van der Waals surface area contributed by atoms with Gasteiger partial charge in [-0.2, -0.15) is 0 Å². The van der Waals surface area contributed by atoms with Gasteiger partial charge in [0.2, 0.25) is 0 Å². The molecular weight excluding hydrogens is 356 g/mol. The summed E-state index contributed by atoms with van der Waals surface area (Å²) in [5.74, 6) is 0.127. The lowest BCUT2D eigenvalue weighted by Crippen LogP contribution is -2.11. The SMILES string of the molecule is CC(C)c1ncc(Cl)c(C(=O)OCc2ccc(Br)cc2)n1. The molecule has 4 nitrogen and oxygen atoms in total. The number of nitrogens with zero attached hydrogens (tertiary/aromatic N) is 2. The highest BCUT2D eigenvalue weighted by Crippen LogP contribution is 2.18. The Morgan fingerprint density at radius 3 is 2.62 bits per heavy atom. The average molecular weight is 370 g/mol. The lowest BCUT2D eigenvalue weighted by molar-refractivity contribution is 0.0465. The molecule has 110 valence electrons. The number of hydrogen-bond acceptors (Lipinski definition) is 4. The molecule has 1 aromatic carbocycles. The molecule has 0 unspecified atom stereocenters. The van der Waals surface area contributed by atoms with Crippen LogP contribution in [0.15, 0.2) is 34.9 Å². The summed E-state index contributed by atoms with van der Waals surface area (Å²) in [5.41, 5.74) is 0.994. The van der Waals surface area contributed by atoms with Gasteiger partial charge in [0.05, 0.1) is 11.2 Å². The van der Waals surface area contributed by atoms with E-state index in [1.165, 1.54) is 6.20 Å². The zero-order valence-corrected chi connectivity index (χ0v) is 14.0. The molecule has 0 atom stereocenters. The molecule has 6 heteroatoms. The number of carbonyl (C=O) groups is 1. The van der Waals surface area contributed by atoms with Crippen molar-refractivity contribution in [3.63, 3.8) is 0 Å². The quantitative estimate of drug-likeness (QED) is 0.751. The fraction of sp³-hybridized carbons (Fsp3) is 0.267. The van der Waals surface area contributed by atoms with E-state index in [-0.39, 0.29) is 23.2 Å². The number of hydrogen-bond donors (Lipinski definition) is 0. The van der Waals surface area contributed by atoms with E-state index >= 15 is 0 Å². The first kappa shape index (κ1) is 15.9. The van der Waals surface area contributed by atoms with Crippen molar-refractivity contribution < 1.29 is 9.53 Å². The zero-order valence-electron chi connectivity index (χ0n) is 11.6. The molecule has 0 bridgehead atoms. The molecule has 1 aromatic heterocycles. The van der Waals surface area contributed by atoms with Crippen molar-refractivity contribution in [3.8, 4) is 0 Å². The fourth-order valence-electron chi connectivity index (χ4n) is 1.60. The van der Waals surface area contributed by atoms with Gasteiger partial charge in [-0.15, -0.1) is 0 Å². The predicted octanol–water partition coefficient (Wildman–Crippen LogP) is 4.37. The Morgan fingerprint density at radius 1 is 1.33 bits per heavy atom. The standard InChI is InChI=1S/C15H14BrClN2O2/c1-9(2)14-18-7-12(17)13(19-14)15(20)21-8-10-3-5-11(16)6-4-10/h3-7,9H,8H2,1-2H3. The van der Waals surface area contributed by atoms with Crippen LogP contribution < -0.4 is 0 Å². The maximum atomic E-state index is 12.1. The van der Waals surface area contributed by atoms with Crippen LogP contribution >= 0.6 is 27.5 Å². The van der Waals surface area contributed by atoms with E-state index in [9.17, 15) is 4.79 Å². The maximum absolute atomic E-state index is 12.1. The molecule has 0 saturated heterocycles. The summed E-state index contributed by atoms with van der Waals surface area (Å²) in [4.78, 5) is 20.3. The van der Waals surface area contributed by atoms with Gasteiger partial charge in [0.15, 0.2) is 5.69 Å². The van der Waals surface area contributed by atoms with Crippen molar-refractivity contribution in [1.29, 1.82) is 0 Å². The number of halogens is 2. The summed E-state index contributed by atoms with van der Waals surface area (Å²) >= 11 is 9.32. The van der Waals surface area contributed by atoms with E-state index in [0.717, 1.165) is 10.0 Å². The van der Waals surface area contributed by atoms with Crippen molar-refractivity contribution >= 4 is 33.5 Å². The third-order valence-electron chi connectivity index (χ3n) is 2.76. The van der Waals surface area contributed by atoms with Crippen LogP contribution in [0, 0.1) is 0 Å². The fourth-order valence-corrected chi connectivity index (χ4v) is 2.03. The van der Waals surface area contributed by atoms with Crippen LogP contribution in [0.2, 0.25) is 5.02 Å². The van der Waals surface area contributed by atoms with Crippen LogP contribution in [-0.2, 0) is 11.3 Å². The monoisotopic (exact) mass is 368 g/mol. The molecule has 0 aliphatic rings. The Hall–Kier alpha value is -1.46. The van der Waals surface area contributed by atoms with Crippen LogP contribution in [0.25, 0.3) is 0 Å². The summed E-state index contributed by atoms with van der Waals surface area (Å²) < 4.78 is 6.21. The van der Waals surface area contributed by atoms with Crippen molar-refractivity contribution in [3.05, 3.63) is 57.0 Å². The van der Waals surface area contributed by atoms with Gasteiger partial charge >= 0.3 is 5.97 Å². The first-order chi connectivity index (χ1) is 9.97. The zero-order chi connectivity index (χ0) is 15.4. The van der Waals surface area contributed by atoms with Gasteiger partial charge in [-0.25, -0.2) is 14.8 Å². The Bertz CT molecular complexity index is 645. The third kappa shape index (κ3) is 4.25. The van der Waals surface area contributed by atoms with E-state index in [2.05, 4.69) is 25.9 Å². The summed E-state index contributed by atoms with van der Waals surface area (Å²) in [6, 6.07) is 7.52. The highest BCUT2D eigenvalue weighted by atomic mass is 79.9. The lowest BCUT2D eigenvalue weighted by atomic mass is 10.2. The second-order valence-corrected chi connectivity index (χ2v) is 6.10. The predicted molar refractivity (Wildman–Crippen MR) is 84.4 cm³/mol. The average Bonchev–Trinajstić information content (AvgIpc) is 2.46. The molecule has 0 radical (unpaired) electrons. The summed E-state index contributed by atoms with van der Waals surface area (Å²) in [6.45, 7) is 4.06. The molecule has 1 heterocycles. The van der Waals surface area contributed by atoms with Gasteiger partial charge in [-0.05, 0) is 17.7 Å². The van der Waals surface area contributed by atoms with Crippen molar-refractivity contribution in [2.75, 3.05) is 0 Å². The number of aromatic nitrogens is 2.